The summed E-state index contributed by atoms with van der Waals surface area (Å²) >= 11 is 1.77. The SMILES string of the molecule is N/C(CCCCSc1ccc2c(c1)OCCO2)=N/O. The van der Waals surface area contributed by atoms with E-state index in [-0.39, 0.29) is 0 Å². The molecule has 2 rings (SSSR count). The normalized spacial score (nSPS) is 14.4. The van der Waals surface area contributed by atoms with Crippen molar-refractivity contribution >= 4 is 17.6 Å². The van der Waals surface area contributed by atoms with Crippen LogP contribution in [0.3, 0.4) is 0 Å². The predicted molar refractivity (Wildman–Crippen MR) is 75.4 cm³/mol. The van der Waals surface area contributed by atoms with Crippen molar-refractivity contribution < 1.29 is 14.7 Å². The zero-order chi connectivity index (χ0) is 13.5. The number of hydrogen-bond donors (Lipinski definition) is 2. The van der Waals surface area contributed by atoms with Gasteiger partial charge in [-0.15, -0.1) is 11.8 Å². The molecule has 6 heteroatoms. The van der Waals surface area contributed by atoms with E-state index in [0.717, 1.165) is 30.1 Å². The standard InChI is InChI=1S/C13H18N2O3S/c14-13(15-16)3-1-2-8-19-10-4-5-11-12(9-10)18-7-6-17-11/h4-5,9,16H,1-3,6-8H2,(H2,14,15). The maximum absolute atomic E-state index is 8.41. The molecule has 104 valence electrons. The number of hydrogen-bond acceptors (Lipinski definition) is 5. The van der Waals surface area contributed by atoms with Crippen LogP contribution < -0.4 is 15.2 Å². The van der Waals surface area contributed by atoms with E-state index in [9.17, 15) is 0 Å². The Labute approximate surface area is 116 Å². The topological polar surface area (TPSA) is 77.1 Å². The molecule has 0 bridgehead atoms. The van der Waals surface area contributed by atoms with Crippen molar-refractivity contribution in [1.29, 1.82) is 0 Å². The van der Waals surface area contributed by atoms with Crippen LogP contribution in [0.4, 0.5) is 0 Å². The van der Waals surface area contributed by atoms with Crippen molar-refractivity contribution in [3.8, 4) is 11.5 Å². The maximum Gasteiger partial charge on any atom is 0.162 e. The Kier molecular flexibility index (Phi) is 5.20. The van der Waals surface area contributed by atoms with Gasteiger partial charge in [-0.2, -0.15) is 0 Å². The van der Waals surface area contributed by atoms with Gasteiger partial charge in [-0.3, -0.25) is 0 Å². The number of thioether (sulfide) groups is 1. The number of benzene rings is 1. The lowest BCUT2D eigenvalue weighted by atomic mass is 10.2. The molecule has 1 aliphatic heterocycles. The Bertz CT molecular complexity index is 452. The number of nitrogens with two attached hydrogens (primary N) is 1. The lowest BCUT2D eigenvalue weighted by Gasteiger charge is -2.18. The molecule has 19 heavy (non-hydrogen) atoms. The zero-order valence-electron chi connectivity index (χ0n) is 10.7. The molecule has 0 unspecified atom stereocenters. The molecule has 0 saturated heterocycles. The van der Waals surface area contributed by atoms with Crippen molar-refractivity contribution in [2.75, 3.05) is 19.0 Å². The molecule has 0 aliphatic carbocycles. The minimum atomic E-state index is 0.296. The first-order valence-electron chi connectivity index (χ1n) is 6.28. The quantitative estimate of drug-likeness (QED) is 0.209. The van der Waals surface area contributed by atoms with E-state index in [0.29, 0.717) is 25.5 Å². The van der Waals surface area contributed by atoms with Crippen LogP contribution in [0.15, 0.2) is 28.3 Å². The highest BCUT2D eigenvalue weighted by molar-refractivity contribution is 7.99. The minimum Gasteiger partial charge on any atom is -0.486 e. The van der Waals surface area contributed by atoms with Crippen LogP contribution >= 0.6 is 11.8 Å². The van der Waals surface area contributed by atoms with Gasteiger partial charge in [0, 0.05) is 11.3 Å². The van der Waals surface area contributed by atoms with Gasteiger partial charge in [0.2, 0.25) is 0 Å². The highest BCUT2D eigenvalue weighted by atomic mass is 32.2. The van der Waals surface area contributed by atoms with Crippen LogP contribution in [0, 0.1) is 0 Å². The second-order valence-corrected chi connectivity index (χ2v) is 5.37. The number of nitrogens with zero attached hydrogens (tertiary/aromatic N) is 1. The third kappa shape index (κ3) is 4.24. The average molecular weight is 282 g/mol. The van der Waals surface area contributed by atoms with Crippen LogP contribution in [0.25, 0.3) is 0 Å². The van der Waals surface area contributed by atoms with Crippen molar-refractivity contribution in [3.63, 3.8) is 0 Å². The molecule has 0 fully saturated rings. The molecule has 1 aliphatic rings. The Morgan fingerprint density at radius 2 is 2.05 bits per heavy atom. The second kappa shape index (κ2) is 7.13. The molecule has 5 nitrogen and oxygen atoms in total. The molecular weight excluding hydrogens is 264 g/mol. The molecule has 0 aromatic heterocycles. The lowest BCUT2D eigenvalue weighted by molar-refractivity contribution is 0.171. The van der Waals surface area contributed by atoms with Crippen LogP contribution in [-0.4, -0.2) is 30.0 Å². The Morgan fingerprint density at radius 1 is 1.26 bits per heavy atom. The largest absolute Gasteiger partial charge is 0.486 e. The Morgan fingerprint density at radius 3 is 2.84 bits per heavy atom. The average Bonchev–Trinajstić information content (AvgIpc) is 2.46. The summed E-state index contributed by atoms with van der Waals surface area (Å²) in [5, 5.41) is 11.4. The van der Waals surface area contributed by atoms with Gasteiger partial charge >= 0.3 is 0 Å². The fourth-order valence-electron chi connectivity index (χ4n) is 1.76. The highest BCUT2D eigenvalue weighted by Crippen LogP contribution is 2.34. The fraction of sp³-hybridized carbons (Fsp3) is 0.462. The number of fused-ring (bicyclic) bond motifs is 1. The summed E-state index contributed by atoms with van der Waals surface area (Å²) in [6.45, 7) is 1.23. The van der Waals surface area contributed by atoms with E-state index in [4.69, 9.17) is 20.4 Å². The number of oxime groups is 1. The number of amidine groups is 1. The Hall–Kier alpha value is -1.56. The fourth-order valence-corrected chi connectivity index (χ4v) is 2.70. The number of unbranched alkanes of at least 4 members (excludes halogenated alkanes) is 1. The maximum atomic E-state index is 8.41. The second-order valence-electron chi connectivity index (χ2n) is 4.20. The van der Waals surface area contributed by atoms with Crippen LogP contribution in [0.5, 0.6) is 11.5 Å². The van der Waals surface area contributed by atoms with Crippen molar-refractivity contribution in [3.05, 3.63) is 18.2 Å². The number of rotatable bonds is 6. The first-order valence-corrected chi connectivity index (χ1v) is 7.27. The lowest BCUT2D eigenvalue weighted by Crippen LogP contribution is -2.15. The predicted octanol–water partition coefficient (Wildman–Crippen LogP) is 2.47. The van der Waals surface area contributed by atoms with Gasteiger partial charge in [0.1, 0.15) is 19.0 Å². The Balaban J connectivity index is 1.74. The zero-order valence-corrected chi connectivity index (χ0v) is 11.5. The molecule has 1 aromatic carbocycles. The third-order valence-corrected chi connectivity index (χ3v) is 3.82. The van der Waals surface area contributed by atoms with Gasteiger partial charge in [-0.1, -0.05) is 5.16 Å². The molecule has 1 aromatic rings. The summed E-state index contributed by atoms with van der Waals surface area (Å²) in [7, 11) is 0. The number of ether oxygens (including phenoxy) is 2. The van der Waals surface area contributed by atoms with Gasteiger partial charge in [-0.25, -0.2) is 0 Å². The van der Waals surface area contributed by atoms with Crippen LogP contribution in [0.1, 0.15) is 19.3 Å². The van der Waals surface area contributed by atoms with Crippen molar-refractivity contribution in [2.24, 2.45) is 10.9 Å². The monoisotopic (exact) mass is 282 g/mol. The molecule has 3 N–H and O–H groups in total. The molecule has 0 spiro atoms. The van der Waals surface area contributed by atoms with Gasteiger partial charge < -0.3 is 20.4 Å². The van der Waals surface area contributed by atoms with Gasteiger partial charge in [0.15, 0.2) is 11.5 Å². The van der Waals surface area contributed by atoms with Gasteiger partial charge in [0.25, 0.3) is 0 Å². The molecule has 0 radical (unpaired) electrons. The third-order valence-electron chi connectivity index (χ3n) is 2.74. The molecule has 0 saturated carbocycles. The van der Waals surface area contributed by atoms with E-state index in [2.05, 4.69) is 5.16 Å². The summed E-state index contributed by atoms with van der Waals surface area (Å²) in [6.07, 6.45) is 2.58. The van der Waals surface area contributed by atoms with Gasteiger partial charge in [-0.05, 0) is 36.8 Å². The summed E-state index contributed by atoms with van der Waals surface area (Å²) < 4.78 is 11.0. The van der Waals surface area contributed by atoms with E-state index in [1.54, 1.807) is 11.8 Å². The van der Waals surface area contributed by atoms with E-state index in [1.165, 1.54) is 4.90 Å². The van der Waals surface area contributed by atoms with Crippen LogP contribution in [0.2, 0.25) is 0 Å². The molecule has 1 heterocycles. The van der Waals surface area contributed by atoms with E-state index < -0.39 is 0 Å². The molecule has 0 amide bonds. The molecule has 0 atom stereocenters. The first-order chi connectivity index (χ1) is 9.29. The minimum absolute atomic E-state index is 0.296. The van der Waals surface area contributed by atoms with Crippen LogP contribution in [-0.2, 0) is 0 Å². The van der Waals surface area contributed by atoms with Crippen molar-refractivity contribution in [2.45, 2.75) is 24.2 Å². The van der Waals surface area contributed by atoms with E-state index in [1.807, 2.05) is 18.2 Å². The highest BCUT2D eigenvalue weighted by Gasteiger charge is 2.11. The summed E-state index contributed by atoms with van der Waals surface area (Å²) in [5.74, 6) is 2.94. The smallest absolute Gasteiger partial charge is 0.162 e. The first kappa shape index (κ1) is 13.9. The van der Waals surface area contributed by atoms with E-state index >= 15 is 0 Å². The molecular formula is C13H18N2O3S. The van der Waals surface area contributed by atoms with Crippen molar-refractivity contribution in [1.82, 2.24) is 0 Å². The summed E-state index contributed by atoms with van der Waals surface area (Å²) in [6, 6.07) is 6.01. The summed E-state index contributed by atoms with van der Waals surface area (Å²) in [5.41, 5.74) is 5.41. The summed E-state index contributed by atoms with van der Waals surface area (Å²) in [4.78, 5) is 1.17. The van der Waals surface area contributed by atoms with Gasteiger partial charge in [0.05, 0.1) is 0 Å².